The molecule has 1 aliphatic carbocycles. The molecule has 0 bridgehead atoms. The van der Waals surface area contributed by atoms with Crippen molar-refractivity contribution < 1.29 is 23.6 Å². The maximum absolute atomic E-state index is 11.5. The van der Waals surface area contributed by atoms with Crippen LogP contribution >= 0.6 is 7.60 Å². The van der Waals surface area contributed by atoms with E-state index in [9.17, 15) is 19.0 Å². The van der Waals surface area contributed by atoms with Crippen molar-refractivity contribution in [1.29, 1.82) is 0 Å². The van der Waals surface area contributed by atoms with Crippen molar-refractivity contribution in [2.75, 3.05) is 0 Å². The molecular formula is C10H17O5P. The van der Waals surface area contributed by atoms with Crippen molar-refractivity contribution in [1.82, 2.24) is 0 Å². The highest BCUT2D eigenvalue weighted by Crippen LogP contribution is 2.46. The normalized spacial score (nSPS) is 21.4. The topological polar surface area (TPSA) is 80.7 Å². The van der Waals surface area contributed by atoms with Gasteiger partial charge in [0.25, 0.3) is 0 Å². The number of carbonyl (C=O) groups excluding carboxylic acids is 2. The number of ketones is 1. The van der Waals surface area contributed by atoms with Crippen LogP contribution < -0.4 is 0 Å². The summed E-state index contributed by atoms with van der Waals surface area (Å²) in [5, 5.41) is 0. The quantitative estimate of drug-likeness (QED) is 0.594. The first kappa shape index (κ1) is 13.6. The number of Topliss-reactive ketones (excluding diaryl/α,β-unsaturated/α-hetero) is 1. The molecule has 1 unspecified atom stereocenters. The van der Waals surface area contributed by atoms with Gasteiger partial charge in [0, 0.05) is 6.42 Å². The van der Waals surface area contributed by atoms with Gasteiger partial charge in [-0.1, -0.05) is 26.2 Å². The van der Waals surface area contributed by atoms with E-state index >= 15 is 0 Å². The zero-order chi connectivity index (χ0) is 12.2. The van der Waals surface area contributed by atoms with Crippen molar-refractivity contribution in [2.45, 2.75) is 51.6 Å². The van der Waals surface area contributed by atoms with E-state index in [1.165, 1.54) is 6.92 Å². The van der Waals surface area contributed by atoms with Crippen LogP contribution in [0.1, 0.15) is 45.4 Å². The molecule has 0 amide bonds. The van der Waals surface area contributed by atoms with Crippen LogP contribution in [0.3, 0.4) is 0 Å². The summed E-state index contributed by atoms with van der Waals surface area (Å²) in [6.07, 6.45) is 3.87. The smallest absolute Gasteiger partial charge is 0.319 e. The molecule has 6 heteroatoms. The van der Waals surface area contributed by atoms with Crippen LogP contribution in [-0.4, -0.2) is 22.3 Å². The van der Waals surface area contributed by atoms with Gasteiger partial charge >= 0.3 is 13.1 Å². The Morgan fingerprint density at radius 2 is 1.88 bits per heavy atom. The fourth-order valence-corrected chi connectivity index (χ4v) is 2.91. The van der Waals surface area contributed by atoms with Crippen LogP contribution in [0.2, 0.25) is 0 Å². The van der Waals surface area contributed by atoms with E-state index in [4.69, 9.17) is 4.52 Å². The van der Waals surface area contributed by atoms with Crippen LogP contribution in [-0.2, 0) is 18.7 Å². The third-order valence-corrected chi connectivity index (χ3v) is 4.01. The monoisotopic (exact) mass is 248 g/mol. The number of carbonyl (C=O) groups is 2. The van der Waals surface area contributed by atoms with E-state index < -0.39 is 18.9 Å². The highest BCUT2D eigenvalue weighted by Gasteiger charge is 2.37. The molecule has 0 aliphatic heterocycles. The SMILES string of the molecule is CCC(=O)C(=O)P(=O)(O)OC1CCCCC1. The number of hydrogen-bond donors (Lipinski definition) is 1. The Morgan fingerprint density at radius 1 is 1.31 bits per heavy atom. The van der Waals surface area contributed by atoms with Crippen LogP contribution in [0.15, 0.2) is 0 Å². The molecule has 1 rings (SSSR count). The molecule has 0 radical (unpaired) electrons. The highest BCUT2D eigenvalue weighted by atomic mass is 31.2. The van der Waals surface area contributed by atoms with Crippen LogP contribution in [0, 0.1) is 0 Å². The minimum Gasteiger partial charge on any atom is -0.319 e. The molecule has 0 saturated heterocycles. The molecule has 1 saturated carbocycles. The second-order valence-electron chi connectivity index (χ2n) is 3.97. The van der Waals surface area contributed by atoms with E-state index in [0.717, 1.165) is 19.3 Å². The second-order valence-corrected chi connectivity index (χ2v) is 5.63. The fourth-order valence-electron chi connectivity index (χ4n) is 1.73. The average Bonchev–Trinajstić information content (AvgIpc) is 2.27. The molecule has 0 aromatic rings. The predicted molar refractivity (Wildman–Crippen MR) is 58.1 cm³/mol. The Bertz CT molecular complexity index is 319. The average molecular weight is 248 g/mol. The third-order valence-electron chi connectivity index (χ3n) is 2.66. The maximum atomic E-state index is 11.5. The molecule has 92 valence electrons. The highest BCUT2D eigenvalue weighted by molar-refractivity contribution is 7.74. The summed E-state index contributed by atoms with van der Waals surface area (Å²) in [7, 11) is -4.41. The van der Waals surface area contributed by atoms with Crippen molar-refractivity contribution in [3.63, 3.8) is 0 Å². The first-order valence-electron chi connectivity index (χ1n) is 5.56. The van der Waals surface area contributed by atoms with E-state index in [2.05, 4.69) is 0 Å². The molecule has 0 aromatic carbocycles. The van der Waals surface area contributed by atoms with E-state index in [-0.39, 0.29) is 12.5 Å². The van der Waals surface area contributed by atoms with Gasteiger partial charge in [-0.2, -0.15) is 0 Å². The number of rotatable bonds is 5. The van der Waals surface area contributed by atoms with Crippen molar-refractivity contribution in [3.8, 4) is 0 Å². The standard InChI is InChI=1S/C10H17O5P/c1-2-9(11)10(12)16(13,14)15-8-6-4-3-5-7-8/h8H,2-7H2,1H3,(H,13,14). The summed E-state index contributed by atoms with van der Waals surface area (Å²) >= 11 is 0. The first-order valence-corrected chi connectivity index (χ1v) is 7.14. The van der Waals surface area contributed by atoms with Gasteiger partial charge in [-0.25, -0.2) is 0 Å². The van der Waals surface area contributed by atoms with Gasteiger partial charge in [0.1, 0.15) is 0 Å². The molecule has 1 N–H and O–H groups in total. The lowest BCUT2D eigenvalue weighted by Crippen LogP contribution is -2.21. The van der Waals surface area contributed by atoms with Crippen LogP contribution in [0.25, 0.3) is 0 Å². The maximum Gasteiger partial charge on any atom is 0.402 e. The van der Waals surface area contributed by atoms with Crippen LogP contribution in [0.5, 0.6) is 0 Å². The molecule has 0 aromatic heterocycles. The predicted octanol–water partition coefficient (Wildman–Crippen LogP) is 2.03. The molecule has 1 fully saturated rings. The van der Waals surface area contributed by atoms with Gasteiger partial charge in [-0.3, -0.25) is 18.7 Å². The molecular weight excluding hydrogens is 231 g/mol. The van der Waals surface area contributed by atoms with Gasteiger partial charge < -0.3 is 4.89 Å². The minimum atomic E-state index is -4.41. The Balaban J connectivity index is 2.59. The van der Waals surface area contributed by atoms with E-state index in [1.54, 1.807) is 0 Å². The lowest BCUT2D eigenvalue weighted by molar-refractivity contribution is -0.133. The van der Waals surface area contributed by atoms with Gasteiger partial charge in [0.05, 0.1) is 6.10 Å². The summed E-state index contributed by atoms with van der Waals surface area (Å²) in [6, 6.07) is 0. The Labute approximate surface area is 94.7 Å². The van der Waals surface area contributed by atoms with Crippen molar-refractivity contribution >= 4 is 18.9 Å². The van der Waals surface area contributed by atoms with E-state index in [0.29, 0.717) is 12.8 Å². The molecule has 16 heavy (non-hydrogen) atoms. The minimum absolute atomic E-state index is 0.0720. The number of hydrogen-bond acceptors (Lipinski definition) is 4. The zero-order valence-electron chi connectivity index (χ0n) is 9.35. The Morgan fingerprint density at radius 3 is 2.38 bits per heavy atom. The van der Waals surface area contributed by atoms with Gasteiger partial charge in [-0.05, 0) is 12.8 Å². The van der Waals surface area contributed by atoms with Gasteiger partial charge in [-0.15, -0.1) is 0 Å². The lowest BCUT2D eigenvalue weighted by Gasteiger charge is -2.23. The fraction of sp³-hybridized carbons (Fsp3) is 0.800. The largest absolute Gasteiger partial charge is 0.402 e. The van der Waals surface area contributed by atoms with Gasteiger partial charge in [0.15, 0.2) is 0 Å². The van der Waals surface area contributed by atoms with Crippen molar-refractivity contribution in [3.05, 3.63) is 0 Å². The van der Waals surface area contributed by atoms with Crippen molar-refractivity contribution in [2.24, 2.45) is 0 Å². The zero-order valence-corrected chi connectivity index (χ0v) is 10.2. The molecule has 0 spiro atoms. The first-order chi connectivity index (χ1) is 7.47. The Kier molecular flexibility index (Phi) is 4.84. The lowest BCUT2D eigenvalue weighted by atomic mass is 9.98. The summed E-state index contributed by atoms with van der Waals surface area (Å²) in [6.45, 7) is 1.47. The second kappa shape index (κ2) is 5.71. The van der Waals surface area contributed by atoms with Gasteiger partial charge in [0.2, 0.25) is 5.78 Å². The molecule has 1 aliphatic rings. The van der Waals surface area contributed by atoms with E-state index in [1.807, 2.05) is 0 Å². The van der Waals surface area contributed by atoms with Crippen LogP contribution in [0.4, 0.5) is 0 Å². The molecule has 5 nitrogen and oxygen atoms in total. The summed E-state index contributed by atoms with van der Waals surface area (Å²) in [5.74, 6) is -0.846. The summed E-state index contributed by atoms with van der Waals surface area (Å²) in [4.78, 5) is 31.7. The molecule has 1 atom stereocenters. The summed E-state index contributed by atoms with van der Waals surface area (Å²) in [5.41, 5.74) is -1.28. The summed E-state index contributed by atoms with van der Waals surface area (Å²) < 4.78 is 16.4. The third kappa shape index (κ3) is 3.51. The molecule has 0 heterocycles. The Hall–Kier alpha value is -0.510.